The van der Waals surface area contributed by atoms with Crippen LogP contribution in [0.25, 0.3) is 0 Å². The van der Waals surface area contributed by atoms with E-state index in [1.165, 1.54) is 12.1 Å². The molecule has 0 radical (unpaired) electrons. The molecule has 0 spiro atoms. The maximum Gasteiger partial charge on any atom is 0.291 e. The summed E-state index contributed by atoms with van der Waals surface area (Å²) in [5, 5.41) is 2.54. The number of nitrogens with zero attached hydrogens (tertiary/aromatic N) is 1. The molecule has 2 heterocycles. The molecule has 0 bridgehead atoms. The Morgan fingerprint density at radius 2 is 2.04 bits per heavy atom. The van der Waals surface area contributed by atoms with Crippen LogP contribution < -0.4 is 11.1 Å². The lowest BCUT2D eigenvalue weighted by molar-refractivity contribution is -0.114. The van der Waals surface area contributed by atoms with Crippen molar-refractivity contribution < 1.29 is 18.8 Å². The molecule has 0 fully saturated rings. The van der Waals surface area contributed by atoms with Gasteiger partial charge in [0.1, 0.15) is 5.82 Å². The summed E-state index contributed by atoms with van der Waals surface area (Å²) in [6.45, 7) is 2.15. The molecule has 25 heavy (non-hydrogen) atoms. The highest BCUT2D eigenvalue weighted by atomic mass is 35.5. The van der Waals surface area contributed by atoms with Gasteiger partial charge in [0.15, 0.2) is 0 Å². The molecule has 0 unspecified atom stereocenters. The number of halogens is 2. The van der Waals surface area contributed by atoms with Crippen molar-refractivity contribution >= 4 is 34.9 Å². The summed E-state index contributed by atoms with van der Waals surface area (Å²) in [7, 11) is 0. The van der Waals surface area contributed by atoms with Gasteiger partial charge in [0, 0.05) is 17.9 Å². The fraction of sp³-hybridized carbons (Fsp3) is 0.235. The van der Waals surface area contributed by atoms with Crippen LogP contribution in [0, 0.1) is 12.7 Å². The number of aromatic nitrogens is 1. The van der Waals surface area contributed by atoms with Crippen molar-refractivity contribution in [3.63, 3.8) is 0 Å². The molecule has 0 aliphatic carbocycles. The van der Waals surface area contributed by atoms with E-state index in [0.717, 1.165) is 12.5 Å². The number of rotatable bonds is 4. The number of amides is 2. The van der Waals surface area contributed by atoms with E-state index in [2.05, 4.69) is 5.32 Å². The van der Waals surface area contributed by atoms with Crippen LogP contribution in [0.4, 0.5) is 10.1 Å². The quantitative estimate of drug-likeness (QED) is 0.645. The molecule has 0 saturated carbocycles. The minimum absolute atomic E-state index is 0.110. The van der Waals surface area contributed by atoms with E-state index in [4.69, 9.17) is 17.3 Å². The van der Waals surface area contributed by atoms with Crippen molar-refractivity contribution in [2.45, 2.75) is 26.3 Å². The third kappa shape index (κ3) is 2.91. The van der Waals surface area contributed by atoms with Gasteiger partial charge < -0.3 is 15.6 Å². The molecule has 2 amide bonds. The maximum atomic E-state index is 13.2. The number of anilines is 1. The van der Waals surface area contributed by atoms with Gasteiger partial charge in [0.05, 0.1) is 16.3 Å². The molecule has 0 atom stereocenters. The van der Waals surface area contributed by atoms with Gasteiger partial charge in [-0.1, -0.05) is 11.6 Å². The Labute approximate surface area is 147 Å². The summed E-state index contributed by atoms with van der Waals surface area (Å²) in [5.41, 5.74) is 7.03. The summed E-state index contributed by atoms with van der Waals surface area (Å²) in [6.07, 6.45) is 1.37. The number of carbonyl (C=O) groups is 3. The Balaban J connectivity index is 2.01. The zero-order chi connectivity index (χ0) is 18.3. The zero-order valence-electron chi connectivity index (χ0n) is 13.4. The van der Waals surface area contributed by atoms with Gasteiger partial charge in [-0.25, -0.2) is 4.39 Å². The zero-order valence-corrected chi connectivity index (χ0v) is 14.1. The molecule has 1 aliphatic heterocycles. The number of hydrogen-bond donors (Lipinski definition) is 2. The van der Waals surface area contributed by atoms with Crippen LogP contribution in [0.5, 0.6) is 0 Å². The van der Waals surface area contributed by atoms with Crippen molar-refractivity contribution in [1.29, 1.82) is 0 Å². The highest BCUT2D eigenvalue weighted by Crippen LogP contribution is 2.30. The van der Waals surface area contributed by atoms with Crippen molar-refractivity contribution in [3.05, 3.63) is 51.6 Å². The molecule has 1 aromatic heterocycles. The molecule has 6 nitrogen and oxygen atoms in total. The van der Waals surface area contributed by atoms with Crippen LogP contribution in [0.2, 0.25) is 5.02 Å². The monoisotopic (exact) mass is 363 g/mol. The summed E-state index contributed by atoms with van der Waals surface area (Å²) in [6, 6.07) is 3.84. The molecule has 8 heteroatoms. The Morgan fingerprint density at radius 1 is 1.32 bits per heavy atom. The lowest BCUT2D eigenvalue weighted by Crippen LogP contribution is -2.26. The maximum absolute atomic E-state index is 13.2. The van der Waals surface area contributed by atoms with Crippen LogP contribution in [-0.2, 0) is 17.8 Å². The van der Waals surface area contributed by atoms with E-state index in [9.17, 15) is 18.8 Å². The molecular formula is C17H15ClFN3O3. The van der Waals surface area contributed by atoms with Gasteiger partial charge in [0.2, 0.25) is 0 Å². The van der Waals surface area contributed by atoms with Crippen molar-refractivity contribution in [3.8, 4) is 0 Å². The highest BCUT2D eigenvalue weighted by molar-refractivity contribution is 6.42. The van der Waals surface area contributed by atoms with Crippen molar-refractivity contribution in [2.75, 3.05) is 5.32 Å². The molecule has 1 aromatic carbocycles. The molecule has 130 valence electrons. The minimum atomic E-state index is -1.06. The molecule has 3 N–H and O–H groups in total. The number of fused-ring (bicyclic) bond motifs is 1. The first kappa shape index (κ1) is 17.2. The normalized spacial score (nSPS) is 12.8. The Hall–Kier alpha value is -2.67. The smallest absolute Gasteiger partial charge is 0.291 e. The predicted octanol–water partition coefficient (Wildman–Crippen LogP) is 2.46. The van der Waals surface area contributed by atoms with E-state index in [1.54, 1.807) is 11.5 Å². The van der Waals surface area contributed by atoms with Crippen LogP contribution >= 0.6 is 11.6 Å². The Kier molecular flexibility index (Phi) is 4.34. The Morgan fingerprint density at radius 3 is 2.68 bits per heavy atom. The van der Waals surface area contributed by atoms with Crippen LogP contribution in [-0.4, -0.2) is 22.2 Å². The number of ketones is 1. The third-order valence-corrected chi connectivity index (χ3v) is 4.54. The predicted molar refractivity (Wildman–Crippen MR) is 90.4 cm³/mol. The number of carbonyl (C=O) groups excluding carboxylic acids is 3. The molecular weight excluding hydrogens is 349 g/mol. The third-order valence-electron chi connectivity index (χ3n) is 4.25. The SMILES string of the molecule is Cc1c(C(=O)Nc2ccc(F)c(Cl)c2)c2n(c1C(=O)C(N)=O)CCC2. The second-order valence-electron chi connectivity index (χ2n) is 5.83. The molecule has 1 aliphatic rings. The summed E-state index contributed by atoms with van der Waals surface area (Å²) >= 11 is 5.72. The summed E-state index contributed by atoms with van der Waals surface area (Å²) in [5.74, 6) is -2.92. The van der Waals surface area contributed by atoms with Gasteiger partial charge in [0.25, 0.3) is 17.6 Å². The number of nitrogens with one attached hydrogen (secondary N) is 1. The van der Waals surface area contributed by atoms with E-state index in [-0.39, 0.29) is 10.7 Å². The van der Waals surface area contributed by atoms with Crippen LogP contribution in [0.15, 0.2) is 18.2 Å². The van der Waals surface area contributed by atoms with E-state index >= 15 is 0 Å². The average molecular weight is 364 g/mol. The standard InChI is InChI=1S/C17H15ClFN3O3/c1-8-13(17(25)21-9-4-5-11(19)10(18)7-9)12-3-2-6-22(12)14(8)15(23)16(20)24/h4-5,7H,2-3,6H2,1H3,(H2,20,24)(H,21,25). The summed E-state index contributed by atoms with van der Waals surface area (Å²) < 4.78 is 14.9. The molecule has 0 saturated heterocycles. The lowest BCUT2D eigenvalue weighted by Gasteiger charge is -2.07. The van der Waals surface area contributed by atoms with Crippen molar-refractivity contribution in [1.82, 2.24) is 4.57 Å². The number of Topliss-reactive ketones (excluding diaryl/α,β-unsaturated/α-hetero) is 1. The first-order valence-corrected chi connectivity index (χ1v) is 8.01. The lowest BCUT2D eigenvalue weighted by atomic mass is 10.0. The Bertz CT molecular complexity index is 920. The molecule has 2 aromatic rings. The summed E-state index contributed by atoms with van der Waals surface area (Å²) in [4.78, 5) is 36.1. The fourth-order valence-electron chi connectivity index (χ4n) is 3.20. The average Bonchev–Trinajstić information content (AvgIpc) is 3.09. The first-order valence-electron chi connectivity index (χ1n) is 7.63. The van der Waals surface area contributed by atoms with Crippen molar-refractivity contribution in [2.24, 2.45) is 5.73 Å². The van der Waals surface area contributed by atoms with Gasteiger partial charge in [-0.3, -0.25) is 14.4 Å². The first-order chi connectivity index (χ1) is 11.8. The number of nitrogens with two attached hydrogens (primary N) is 1. The van der Waals surface area contributed by atoms with Crippen LogP contribution in [0.3, 0.4) is 0 Å². The number of benzene rings is 1. The van der Waals surface area contributed by atoms with E-state index in [0.29, 0.717) is 35.5 Å². The van der Waals surface area contributed by atoms with Gasteiger partial charge in [-0.2, -0.15) is 0 Å². The minimum Gasteiger partial charge on any atom is -0.363 e. The largest absolute Gasteiger partial charge is 0.363 e. The topological polar surface area (TPSA) is 94.2 Å². The molecule has 3 rings (SSSR count). The van der Waals surface area contributed by atoms with Gasteiger partial charge in [-0.05, 0) is 43.5 Å². The highest BCUT2D eigenvalue weighted by Gasteiger charge is 2.32. The van der Waals surface area contributed by atoms with Gasteiger partial charge >= 0.3 is 0 Å². The second-order valence-corrected chi connectivity index (χ2v) is 6.23. The van der Waals surface area contributed by atoms with Gasteiger partial charge in [-0.15, -0.1) is 0 Å². The van der Waals surface area contributed by atoms with E-state index < -0.39 is 23.4 Å². The second kappa shape index (κ2) is 6.33. The number of hydrogen-bond acceptors (Lipinski definition) is 3. The van der Waals surface area contributed by atoms with Crippen LogP contribution in [0.1, 0.15) is 38.5 Å². The van der Waals surface area contributed by atoms with E-state index in [1.807, 2.05) is 0 Å². The fourth-order valence-corrected chi connectivity index (χ4v) is 3.38. The number of primary amides is 1.